The summed E-state index contributed by atoms with van der Waals surface area (Å²) in [6.45, 7) is 7.06. The van der Waals surface area contributed by atoms with E-state index in [4.69, 9.17) is 4.74 Å². The van der Waals surface area contributed by atoms with Gasteiger partial charge >= 0.3 is 0 Å². The third kappa shape index (κ3) is 2.69. The van der Waals surface area contributed by atoms with Crippen molar-refractivity contribution in [3.05, 3.63) is 23.3 Å². The fourth-order valence-corrected chi connectivity index (χ4v) is 2.51. The molecule has 0 bridgehead atoms. The highest BCUT2D eigenvalue weighted by molar-refractivity contribution is 5.51. The van der Waals surface area contributed by atoms with E-state index in [1.54, 1.807) is 0 Å². The molecule has 2 atom stereocenters. The second-order valence-electron chi connectivity index (χ2n) is 6.24. The number of hydrogen-bond donors (Lipinski definition) is 3. The molecule has 0 radical (unpaired) electrons. The third-order valence-corrected chi connectivity index (χ3v) is 3.72. The maximum Gasteiger partial charge on any atom is 0.161 e. The molecule has 106 valence electrons. The zero-order chi connectivity index (χ0) is 14.2. The van der Waals surface area contributed by atoms with Crippen LogP contribution >= 0.6 is 0 Å². The molecule has 1 aliphatic heterocycles. The van der Waals surface area contributed by atoms with Crippen molar-refractivity contribution in [3.8, 4) is 11.5 Å². The number of rotatable bonds is 2. The Balaban J connectivity index is 2.44. The van der Waals surface area contributed by atoms with E-state index in [9.17, 15) is 10.2 Å². The summed E-state index contributed by atoms with van der Waals surface area (Å²) in [4.78, 5) is 0. The fraction of sp³-hybridized carbons (Fsp3) is 0.600. The van der Waals surface area contributed by atoms with Crippen LogP contribution < -0.4 is 5.32 Å². The Morgan fingerprint density at radius 1 is 1.32 bits per heavy atom. The minimum atomic E-state index is -0.0931. The molecule has 4 nitrogen and oxygen atoms in total. The number of nitrogens with one attached hydrogen (secondary N) is 1. The Morgan fingerprint density at radius 2 is 2.00 bits per heavy atom. The van der Waals surface area contributed by atoms with Crippen molar-refractivity contribution in [1.82, 2.24) is 5.32 Å². The maximum absolute atomic E-state index is 10.1. The molecule has 0 spiro atoms. The van der Waals surface area contributed by atoms with Crippen molar-refractivity contribution < 1.29 is 14.9 Å². The highest BCUT2D eigenvalue weighted by atomic mass is 16.5. The molecule has 1 heterocycles. The fourth-order valence-electron chi connectivity index (χ4n) is 2.51. The van der Waals surface area contributed by atoms with Crippen LogP contribution in [0.2, 0.25) is 0 Å². The van der Waals surface area contributed by atoms with Gasteiger partial charge in [-0.3, -0.25) is 0 Å². The van der Waals surface area contributed by atoms with Gasteiger partial charge < -0.3 is 20.3 Å². The summed E-state index contributed by atoms with van der Waals surface area (Å²) >= 11 is 0. The van der Waals surface area contributed by atoms with Gasteiger partial charge in [0.25, 0.3) is 0 Å². The molecule has 1 aromatic rings. The zero-order valence-corrected chi connectivity index (χ0v) is 12.0. The molecule has 19 heavy (non-hydrogen) atoms. The first-order valence-corrected chi connectivity index (χ1v) is 6.68. The van der Waals surface area contributed by atoms with E-state index in [-0.39, 0.29) is 29.1 Å². The van der Waals surface area contributed by atoms with Gasteiger partial charge in [0.05, 0.1) is 12.2 Å². The lowest BCUT2D eigenvalue weighted by atomic mass is 9.81. The summed E-state index contributed by atoms with van der Waals surface area (Å²) < 4.78 is 6.16. The van der Waals surface area contributed by atoms with Gasteiger partial charge in [-0.25, -0.2) is 0 Å². The molecule has 0 saturated heterocycles. The molecule has 0 amide bonds. The smallest absolute Gasteiger partial charge is 0.161 e. The Morgan fingerprint density at radius 3 is 2.58 bits per heavy atom. The number of phenols is 2. The van der Waals surface area contributed by atoms with Gasteiger partial charge in [-0.1, -0.05) is 26.8 Å². The van der Waals surface area contributed by atoms with Gasteiger partial charge in [0.15, 0.2) is 11.5 Å². The van der Waals surface area contributed by atoms with Crippen LogP contribution in [0, 0.1) is 5.41 Å². The van der Waals surface area contributed by atoms with Crippen LogP contribution in [-0.2, 0) is 11.2 Å². The first-order chi connectivity index (χ1) is 8.84. The minimum absolute atomic E-state index is 0.00356. The van der Waals surface area contributed by atoms with Gasteiger partial charge in [-0.05, 0) is 24.1 Å². The molecule has 0 fully saturated rings. The minimum Gasteiger partial charge on any atom is -0.504 e. The largest absolute Gasteiger partial charge is 0.504 e. The zero-order valence-electron chi connectivity index (χ0n) is 12.0. The molecule has 2 rings (SSSR count). The monoisotopic (exact) mass is 265 g/mol. The second-order valence-corrected chi connectivity index (χ2v) is 6.24. The molecule has 4 heteroatoms. The average molecular weight is 265 g/mol. The molecule has 0 saturated carbocycles. The summed E-state index contributed by atoms with van der Waals surface area (Å²) in [7, 11) is 1.88. The summed E-state index contributed by atoms with van der Waals surface area (Å²) in [5.74, 6) is -0.0623. The number of phenolic OH excluding ortho intramolecular Hbond substituents is 2. The van der Waals surface area contributed by atoms with Gasteiger partial charge in [0.2, 0.25) is 0 Å². The standard InChI is InChI=1S/C15H23NO3/c1-15(2,3)13-7-10-9(12(19-13)8-16-4)5-6-11(17)14(10)18/h5-6,12-13,16-18H,7-8H2,1-4H3/t12-,13-/m0/s1. The first kappa shape index (κ1) is 14.2. The van der Waals surface area contributed by atoms with Crippen molar-refractivity contribution in [2.75, 3.05) is 13.6 Å². The molecular weight excluding hydrogens is 242 g/mol. The Kier molecular flexibility index (Phi) is 3.74. The van der Waals surface area contributed by atoms with Gasteiger partial charge in [0.1, 0.15) is 0 Å². The van der Waals surface area contributed by atoms with Crippen LogP contribution in [-0.4, -0.2) is 29.9 Å². The van der Waals surface area contributed by atoms with Crippen LogP contribution in [0.4, 0.5) is 0 Å². The average Bonchev–Trinajstić information content (AvgIpc) is 2.33. The van der Waals surface area contributed by atoms with E-state index in [1.807, 2.05) is 13.1 Å². The molecular formula is C15H23NO3. The van der Waals surface area contributed by atoms with Crippen molar-refractivity contribution >= 4 is 0 Å². The van der Waals surface area contributed by atoms with Crippen molar-refractivity contribution in [3.63, 3.8) is 0 Å². The van der Waals surface area contributed by atoms with Gasteiger partial charge in [0, 0.05) is 18.5 Å². The normalized spacial score (nSPS) is 23.2. The first-order valence-electron chi connectivity index (χ1n) is 6.68. The predicted octanol–water partition coefficient (Wildman–Crippen LogP) is 2.35. The van der Waals surface area contributed by atoms with Crippen LogP contribution in [0.3, 0.4) is 0 Å². The highest BCUT2D eigenvalue weighted by Gasteiger charge is 2.36. The van der Waals surface area contributed by atoms with E-state index < -0.39 is 0 Å². The number of likely N-dealkylation sites (N-methyl/N-ethyl adjacent to an activating group) is 1. The molecule has 3 N–H and O–H groups in total. The van der Waals surface area contributed by atoms with Gasteiger partial charge in [-0.15, -0.1) is 0 Å². The van der Waals surface area contributed by atoms with E-state index >= 15 is 0 Å². The molecule has 1 aliphatic rings. The van der Waals surface area contributed by atoms with Crippen molar-refractivity contribution in [1.29, 1.82) is 0 Å². The van der Waals surface area contributed by atoms with Crippen LogP contribution in [0.25, 0.3) is 0 Å². The summed E-state index contributed by atoms with van der Waals surface area (Å²) in [6.07, 6.45) is 0.551. The number of benzene rings is 1. The predicted molar refractivity (Wildman–Crippen MR) is 74.5 cm³/mol. The second kappa shape index (κ2) is 5.02. The maximum atomic E-state index is 10.1. The lowest BCUT2D eigenvalue weighted by Gasteiger charge is -2.39. The number of ether oxygens (including phenoxy) is 1. The van der Waals surface area contributed by atoms with E-state index in [2.05, 4.69) is 26.1 Å². The summed E-state index contributed by atoms with van der Waals surface area (Å²) in [5, 5.41) is 22.9. The molecule has 1 aromatic carbocycles. The summed E-state index contributed by atoms with van der Waals surface area (Å²) in [6, 6.07) is 3.36. The van der Waals surface area contributed by atoms with Crippen LogP contribution in [0.5, 0.6) is 11.5 Å². The highest BCUT2D eigenvalue weighted by Crippen LogP contribution is 2.43. The molecule has 0 aliphatic carbocycles. The number of hydrogen-bond acceptors (Lipinski definition) is 4. The quantitative estimate of drug-likeness (QED) is 0.718. The van der Waals surface area contributed by atoms with E-state index in [0.717, 1.165) is 11.1 Å². The SMILES string of the molecule is CNC[C@@H]1O[C@H](C(C)(C)C)Cc2c1ccc(O)c2O. The number of fused-ring (bicyclic) bond motifs is 1. The van der Waals surface area contributed by atoms with Crippen molar-refractivity contribution in [2.45, 2.75) is 39.4 Å². The van der Waals surface area contributed by atoms with Crippen LogP contribution in [0.15, 0.2) is 12.1 Å². The summed E-state index contributed by atoms with van der Waals surface area (Å²) in [5.41, 5.74) is 1.76. The third-order valence-electron chi connectivity index (χ3n) is 3.72. The lowest BCUT2D eigenvalue weighted by Crippen LogP contribution is -2.39. The van der Waals surface area contributed by atoms with Gasteiger partial charge in [-0.2, -0.15) is 0 Å². The topological polar surface area (TPSA) is 61.7 Å². The Bertz CT molecular complexity index is 465. The molecule has 0 aromatic heterocycles. The number of aromatic hydroxyl groups is 2. The Labute approximate surface area is 114 Å². The van der Waals surface area contributed by atoms with Crippen molar-refractivity contribution in [2.24, 2.45) is 5.41 Å². The van der Waals surface area contributed by atoms with E-state index in [0.29, 0.717) is 13.0 Å². The Hall–Kier alpha value is -1.26. The molecule has 0 unspecified atom stereocenters. The van der Waals surface area contributed by atoms with E-state index in [1.165, 1.54) is 6.07 Å². The lowest BCUT2D eigenvalue weighted by molar-refractivity contribution is -0.0770. The van der Waals surface area contributed by atoms with Crippen LogP contribution in [0.1, 0.15) is 38.0 Å².